The Bertz CT molecular complexity index is 526. The van der Waals surface area contributed by atoms with Crippen LogP contribution in [0.3, 0.4) is 0 Å². The summed E-state index contributed by atoms with van der Waals surface area (Å²) in [6.07, 6.45) is 2.33. The van der Waals surface area contributed by atoms with E-state index in [1.165, 1.54) is 6.07 Å². The van der Waals surface area contributed by atoms with Crippen molar-refractivity contribution in [1.82, 2.24) is 0 Å². The monoisotopic (exact) mass is 338 g/mol. The van der Waals surface area contributed by atoms with E-state index in [2.05, 4.69) is 22.5 Å². The fourth-order valence-corrected chi connectivity index (χ4v) is 3.09. The molecule has 0 heterocycles. The van der Waals surface area contributed by atoms with Crippen molar-refractivity contribution in [3.05, 3.63) is 34.8 Å². The third kappa shape index (κ3) is 4.01. The molecule has 0 saturated carbocycles. The molecule has 94 valence electrons. The van der Waals surface area contributed by atoms with Crippen molar-refractivity contribution in [2.24, 2.45) is 0 Å². The number of rotatable bonds is 5. The van der Waals surface area contributed by atoms with Crippen LogP contribution in [0, 0.1) is 6.92 Å². The molecule has 1 rings (SSSR count). The molecule has 0 aliphatic heterocycles. The molecule has 6 heteroatoms. The molecule has 0 bridgehead atoms. The fourth-order valence-electron chi connectivity index (χ4n) is 1.31. The van der Waals surface area contributed by atoms with Gasteiger partial charge in [0.25, 0.3) is 9.05 Å². The molecule has 0 atom stereocenters. The molecular weight excluding hydrogens is 328 g/mol. The van der Waals surface area contributed by atoms with Gasteiger partial charge in [0.05, 0.1) is 6.61 Å². The van der Waals surface area contributed by atoms with Gasteiger partial charge in [-0.3, -0.25) is 0 Å². The maximum absolute atomic E-state index is 11.4. The molecular formula is C11H12BrClO3S. The Morgan fingerprint density at radius 2 is 2.18 bits per heavy atom. The van der Waals surface area contributed by atoms with Crippen molar-refractivity contribution in [3.63, 3.8) is 0 Å². The maximum atomic E-state index is 11.4. The van der Waals surface area contributed by atoms with Crippen molar-refractivity contribution in [1.29, 1.82) is 0 Å². The number of hydrogen-bond donors (Lipinski definition) is 0. The molecule has 3 nitrogen and oxygen atoms in total. The summed E-state index contributed by atoms with van der Waals surface area (Å²) >= 11 is 3.23. The van der Waals surface area contributed by atoms with E-state index < -0.39 is 9.05 Å². The van der Waals surface area contributed by atoms with Crippen LogP contribution in [0.2, 0.25) is 0 Å². The standard InChI is InChI=1S/C11H12BrClO3S/c1-3-4-5-16-11-8(2)6-9(12)7-10(11)17(13,14)15/h3,6-7H,1,4-5H2,2H3. The highest BCUT2D eigenvalue weighted by Crippen LogP contribution is 2.33. The SMILES string of the molecule is C=CCCOc1c(C)cc(Br)cc1S(=O)(=O)Cl. The number of aryl methyl sites for hydroxylation is 1. The van der Waals surface area contributed by atoms with Crippen molar-refractivity contribution < 1.29 is 13.2 Å². The van der Waals surface area contributed by atoms with Gasteiger partial charge in [0, 0.05) is 15.2 Å². The lowest BCUT2D eigenvalue weighted by atomic mass is 10.2. The fraction of sp³-hybridized carbons (Fsp3) is 0.273. The van der Waals surface area contributed by atoms with Gasteiger partial charge in [-0.05, 0) is 31.0 Å². The number of benzene rings is 1. The van der Waals surface area contributed by atoms with E-state index in [9.17, 15) is 8.42 Å². The van der Waals surface area contributed by atoms with Gasteiger partial charge in [-0.25, -0.2) is 8.42 Å². The van der Waals surface area contributed by atoms with Crippen LogP contribution < -0.4 is 4.74 Å². The molecule has 0 amide bonds. The highest BCUT2D eigenvalue weighted by molar-refractivity contribution is 9.10. The van der Waals surface area contributed by atoms with Crippen LogP contribution in [-0.4, -0.2) is 15.0 Å². The second-order valence-corrected chi connectivity index (χ2v) is 6.86. The van der Waals surface area contributed by atoms with E-state index in [0.29, 0.717) is 28.8 Å². The molecule has 1 aromatic rings. The molecule has 0 saturated heterocycles. The lowest BCUT2D eigenvalue weighted by Gasteiger charge is -2.12. The van der Waals surface area contributed by atoms with Crippen LogP contribution >= 0.6 is 26.6 Å². The summed E-state index contributed by atoms with van der Waals surface area (Å²) in [6.45, 7) is 5.70. The Balaban J connectivity index is 3.21. The Hall–Kier alpha value is -0.520. The number of hydrogen-bond acceptors (Lipinski definition) is 3. The van der Waals surface area contributed by atoms with Gasteiger partial charge in [-0.1, -0.05) is 22.0 Å². The summed E-state index contributed by atoms with van der Waals surface area (Å²) in [5.41, 5.74) is 0.711. The van der Waals surface area contributed by atoms with Crippen LogP contribution in [0.4, 0.5) is 0 Å². The smallest absolute Gasteiger partial charge is 0.265 e. The minimum Gasteiger partial charge on any atom is -0.492 e. The van der Waals surface area contributed by atoms with Gasteiger partial charge >= 0.3 is 0 Å². The average Bonchev–Trinajstić information content (AvgIpc) is 2.19. The van der Waals surface area contributed by atoms with E-state index in [4.69, 9.17) is 15.4 Å². The van der Waals surface area contributed by atoms with E-state index >= 15 is 0 Å². The van der Waals surface area contributed by atoms with Crippen molar-refractivity contribution in [2.75, 3.05) is 6.61 Å². The van der Waals surface area contributed by atoms with E-state index in [0.717, 1.165) is 0 Å². The van der Waals surface area contributed by atoms with Gasteiger partial charge in [-0.2, -0.15) is 0 Å². The summed E-state index contributed by atoms with van der Waals surface area (Å²) in [4.78, 5) is -0.0184. The minimum atomic E-state index is -3.82. The second-order valence-electron chi connectivity index (χ2n) is 3.41. The topological polar surface area (TPSA) is 43.4 Å². The van der Waals surface area contributed by atoms with Crippen LogP contribution in [0.15, 0.2) is 34.2 Å². The Kier molecular flexibility index (Phi) is 5.04. The Morgan fingerprint density at radius 1 is 1.53 bits per heavy atom. The van der Waals surface area contributed by atoms with E-state index in [-0.39, 0.29) is 4.90 Å². The molecule has 1 aromatic carbocycles. The normalized spacial score (nSPS) is 11.2. The number of ether oxygens (including phenoxy) is 1. The molecule has 0 spiro atoms. The van der Waals surface area contributed by atoms with Gasteiger partial charge in [0.2, 0.25) is 0 Å². The quantitative estimate of drug-likeness (QED) is 0.467. The average molecular weight is 340 g/mol. The zero-order chi connectivity index (χ0) is 13.1. The first-order chi connectivity index (χ1) is 7.86. The van der Waals surface area contributed by atoms with Crippen molar-refractivity contribution in [2.45, 2.75) is 18.2 Å². The van der Waals surface area contributed by atoms with Crippen LogP contribution in [0.1, 0.15) is 12.0 Å². The van der Waals surface area contributed by atoms with Gasteiger partial charge in [0.15, 0.2) is 0 Å². The summed E-state index contributed by atoms with van der Waals surface area (Å²) in [5, 5.41) is 0. The van der Waals surface area contributed by atoms with Crippen LogP contribution in [0.5, 0.6) is 5.75 Å². The third-order valence-corrected chi connectivity index (χ3v) is 3.82. The number of halogens is 2. The first-order valence-corrected chi connectivity index (χ1v) is 7.95. The largest absolute Gasteiger partial charge is 0.492 e. The Morgan fingerprint density at radius 3 is 2.71 bits per heavy atom. The predicted molar refractivity (Wildman–Crippen MR) is 72.2 cm³/mol. The summed E-state index contributed by atoms with van der Waals surface area (Å²) in [5.74, 6) is 0.296. The molecule has 0 unspecified atom stereocenters. The Labute approximate surface area is 114 Å². The molecule has 0 aliphatic rings. The van der Waals surface area contributed by atoms with E-state index in [1.807, 2.05) is 0 Å². The van der Waals surface area contributed by atoms with Gasteiger partial charge < -0.3 is 4.74 Å². The van der Waals surface area contributed by atoms with Crippen LogP contribution in [0.25, 0.3) is 0 Å². The first kappa shape index (κ1) is 14.5. The molecule has 0 aromatic heterocycles. The predicted octanol–water partition coefficient (Wildman–Crippen LogP) is 3.64. The first-order valence-electron chi connectivity index (χ1n) is 4.84. The zero-order valence-electron chi connectivity index (χ0n) is 9.24. The maximum Gasteiger partial charge on any atom is 0.265 e. The van der Waals surface area contributed by atoms with Crippen molar-refractivity contribution >= 4 is 35.7 Å². The third-order valence-electron chi connectivity index (χ3n) is 2.04. The summed E-state index contributed by atoms with van der Waals surface area (Å²) in [6, 6.07) is 3.20. The van der Waals surface area contributed by atoms with Gasteiger partial charge in [-0.15, -0.1) is 6.58 Å². The zero-order valence-corrected chi connectivity index (χ0v) is 12.4. The highest BCUT2D eigenvalue weighted by Gasteiger charge is 2.19. The van der Waals surface area contributed by atoms with Crippen molar-refractivity contribution in [3.8, 4) is 5.75 Å². The van der Waals surface area contributed by atoms with Gasteiger partial charge in [0.1, 0.15) is 10.6 Å². The molecule has 0 aliphatic carbocycles. The molecule has 0 fully saturated rings. The van der Waals surface area contributed by atoms with E-state index in [1.54, 1.807) is 19.1 Å². The minimum absolute atomic E-state index is 0.0184. The second kappa shape index (κ2) is 5.89. The lowest BCUT2D eigenvalue weighted by Crippen LogP contribution is -2.03. The highest BCUT2D eigenvalue weighted by atomic mass is 79.9. The van der Waals surface area contributed by atoms with Crippen LogP contribution in [-0.2, 0) is 9.05 Å². The summed E-state index contributed by atoms with van der Waals surface area (Å²) < 4.78 is 28.9. The lowest BCUT2D eigenvalue weighted by molar-refractivity contribution is 0.314. The summed E-state index contributed by atoms with van der Waals surface area (Å²) in [7, 11) is 1.55. The molecule has 0 radical (unpaired) electrons. The molecule has 0 N–H and O–H groups in total. The molecule has 17 heavy (non-hydrogen) atoms.